The van der Waals surface area contributed by atoms with E-state index in [1.807, 2.05) is 13.8 Å². The van der Waals surface area contributed by atoms with Gasteiger partial charge in [-0.2, -0.15) is 0 Å². The van der Waals surface area contributed by atoms with E-state index in [0.29, 0.717) is 0 Å². The summed E-state index contributed by atoms with van der Waals surface area (Å²) in [4.78, 5) is 0. The van der Waals surface area contributed by atoms with E-state index in [2.05, 4.69) is 0 Å². The Balaban J connectivity index is 3.41. The minimum atomic E-state index is -1.12. The second-order valence-electron chi connectivity index (χ2n) is 2.40. The summed E-state index contributed by atoms with van der Waals surface area (Å²) < 4.78 is 12.3. The standard InChI is InChI=1S/C7H16FN/c1-3-5-6(4-2)7(8)9/h6-7H,3-5,9H2,1-2H3/t6?,7-/m0/s1. The predicted octanol–water partition coefficient (Wildman–Crippen LogP) is 2.07. The highest BCUT2D eigenvalue weighted by molar-refractivity contribution is 4.60. The second kappa shape index (κ2) is 4.74. The summed E-state index contributed by atoms with van der Waals surface area (Å²) in [6.45, 7) is 4.02. The van der Waals surface area contributed by atoms with Crippen LogP contribution in [0.4, 0.5) is 4.39 Å². The third kappa shape index (κ3) is 3.46. The number of hydrogen-bond donors (Lipinski definition) is 1. The topological polar surface area (TPSA) is 26.0 Å². The summed E-state index contributed by atoms with van der Waals surface area (Å²) in [7, 11) is 0. The van der Waals surface area contributed by atoms with Crippen LogP contribution in [0.15, 0.2) is 0 Å². The zero-order valence-corrected chi connectivity index (χ0v) is 6.23. The van der Waals surface area contributed by atoms with Crippen LogP contribution < -0.4 is 5.73 Å². The first-order chi connectivity index (χ1) is 4.22. The van der Waals surface area contributed by atoms with Crippen molar-refractivity contribution in [1.82, 2.24) is 0 Å². The zero-order valence-electron chi connectivity index (χ0n) is 6.23. The van der Waals surface area contributed by atoms with Crippen LogP contribution in [-0.4, -0.2) is 6.30 Å². The molecule has 9 heavy (non-hydrogen) atoms. The molecule has 0 saturated carbocycles. The van der Waals surface area contributed by atoms with Gasteiger partial charge in [0, 0.05) is 5.92 Å². The molecule has 0 fully saturated rings. The Bertz CT molecular complexity index is 63.9. The van der Waals surface area contributed by atoms with Gasteiger partial charge in [0.2, 0.25) is 0 Å². The molecule has 0 aromatic rings. The number of rotatable bonds is 4. The average Bonchev–Trinajstić information content (AvgIpc) is 1.82. The smallest absolute Gasteiger partial charge is 0.151 e. The Morgan fingerprint density at radius 2 is 2.00 bits per heavy atom. The van der Waals surface area contributed by atoms with Gasteiger partial charge >= 0.3 is 0 Å². The molecule has 0 rings (SSSR count). The second-order valence-corrected chi connectivity index (χ2v) is 2.40. The maximum Gasteiger partial charge on any atom is 0.151 e. The van der Waals surface area contributed by atoms with Crippen LogP contribution in [0, 0.1) is 5.92 Å². The van der Waals surface area contributed by atoms with Gasteiger partial charge in [0.1, 0.15) is 0 Å². The average molecular weight is 133 g/mol. The molecule has 0 bridgehead atoms. The Labute approximate surface area is 56.4 Å². The van der Waals surface area contributed by atoms with Gasteiger partial charge in [0.15, 0.2) is 6.30 Å². The van der Waals surface area contributed by atoms with Crippen molar-refractivity contribution < 1.29 is 4.39 Å². The van der Waals surface area contributed by atoms with Crippen molar-refractivity contribution in [2.45, 2.75) is 39.4 Å². The van der Waals surface area contributed by atoms with Crippen LogP contribution >= 0.6 is 0 Å². The molecule has 2 heteroatoms. The van der Waals surface area contributed by atoms with E-state index >= 15 is 0 Å². The first-order valence-electron chi connectivity index (χ1n) is 3.62. The van der Waals surface area contributed by atoms with Gasteiger partial charge in [-0.25, -0.2) is 4.39 Å². The van der Waals surface area contributed by atoms with Gasteiger partial charge < -0.3 is 5.73 Å². The van der Waals surface area contributed by atoms with E-state index in [1.54, 1.807) is 0 Å². The monoisotopic (exact) mass is 133 g/mol. The lowest BCUT2D eigenvalue weighted by Gasteiger charge is -2.13. The minimum absolute atomic E-state index is 0.0787. The SMILES string of the molecule is CCCC(CC)[C@H](N)F. The molecule has 2 atom stereocenters. The fourth-order valence-corrected chi connectivity index (χ4v) is 0.959. The van der Waals surface area contributed by atoms with Crippen molar-refractivity contribution in [1.29, 1.82) is 0 Å². The fraction of sp³-hybridized carbons (Fsp3) is 1.00. The van der Waals surface area contributed by atoms with E-state index < -0.39 is 6.30 Å². The Kier molecular flexibility index (Phi) is 4.68. The van der Waals surface area contributed by atoms with Gasteiger partial charge in [-0.3, -0.25) is 0 Å². The lowest BCUT2D eigenvalue weighted by atomic mass is 10.0. The van der Waals surface area contributed by atoms with Crippen LogP contribution in [-0.2, 0) is 0 Å². The highest BCUT2D eigenvalue weighted by atomic mass is 19.1. The van der Waals surface area contributed by atoms with Crippen LogP contribution in [0.5, 0.6) is 0 Å². The third-order valence-corrected chi connectivity index (χ3v) is 1.63. The largest absolute Gasteiger partial charge is 0.302 e. The van der Waals surface area contributed by atoms with Crippen molar-refractivity contribution in [2.24, 2.45) is 11.7 Å². The molecule has 0 radical (unpaired) electrons. The predicted molar refractivity (Wildman–Crippen MR) is 37.8 cm³/mol. The Hall–Kier alpha value is -0.110. The summed E-state index contributed by atoms with van der Waals surface area (Å²) >= 11 is 0. The van der Waals surface area contributed by atoms with Crippen molar-refractivity contribution >= 4 is 0 Å². The maximum atomic E-state index is 12.3. The summed E-state index contributed by atoms with van der Waals surface area (Å²) in [6.07, 6.45) is 1.67. The van der Waals surface area contributed by atoms with E-state index in [1.165, 1.54) is 0 Å². The van der Waals surface area contributed by atoms with Gasteiger partial charge in [-0.05, 0) is 12.8 Å². The van der Waals surface area contributed by atoms with Crippen LogP contribution in [0.2, 0.25) is 0 Å². The van der Waals surface area contributed by atoms with Crippen molar-refractivity contribution in [2.75, 3.05) is 0 Å². The first kappa shape index (κ1) is 8.89. The number of alkyl halides is 1. The highest BCUT2D eigenvalue weighted by Gasteiger charge is 2.12. The molecule has 0 aromatic carbocycles. The molecule has 0 heterocycles. The molecule has 0 saturated heterocycles. The van der Waals surface area contributed by atoms with E-state index in [0.717, 1.165) is 19.3 Å². The molecule has 0 aliphatic heterocycles. The van der Waals surface area contributed by atoms with Crippen LogP contribution in [0.3, 0.4) is 0 Å². The zero-order chi connectivity index (χ0) is 7.28. The minimum Gasteiger partial charge on any atom is -0.302 e. The van der Waals surface area contributed by atoms with Crippen LogP contribution in [0.25, 0.3) is 0 Å². The van der Waals surface area contributed by atoms with E-state index in [9.17, 15) is 4.39 Å². The van der Waals surface area contributed by atoms with Crippen molar-refractivity contribution in [3.8, 4) is 0 Å². The van der Waals surface area contributed by atoms with E-state index in [4.69, 9.17) is 5.73 Å². The van der Waals surface area contributed by atoms with Gasteiger partial charge in [0.05, 0.1) is 0 Å². The summed E-state index contributed by atoms with van der Waals surface area (Å²) in [5.41, 5.74) is 5.07. The maximum absolute atomic E-state index is 12.3. The number of nitrogens with two attached hydrogens (primary N) is 1. The summed E-state index contributed by atoms with van der Waals surface area (Å²) in [6, 6.07) is 0. The fourth-order valence-electron chi connectivity index (χ4n) is 0.959. The lowest BCUT2D eigenvalue weighted by molar-refractivity contribution is 0.217. The molecule has 0 amide bonds. The summed E-state index contributed by atoms with van der Waals surface area (Å²) in [5.74, 6) is 0.0787. The molecule has 0 aliphatic rings. The Morgan fingerprint density at radius 3 is 2.11 bits per heavy atom. The normalized spacial score (nSPS) is 17.3. The molecule has 1 nitrogen and oxygen atoms in total. The molecule has 0 aliphatic carbocycles. The highest BCUT2D eigenvalue weighted by Crippen LogP contribution is 2.14. The molecular weight excluding hydrogens is 117 g/mol. The van der Waals surface area contributed by atoms with E-state index in [-0.39, 0.29) is 5.92 Å². The molecular formula is C7H16FN. The molecule has 0 spiro atoms. The van der Waals surface area contributed by atoms with Crippen molar-refractivity contribution in [3.63, 3.8) is 0 Å². The summed E-state index contributed by atoms with van der Waals surface area (Å²) in [5, 5.41) is 0. The quantitative estimate of drug-likeness (QED) is 0.584. The third-order valence-electron chi connectivity index (χ3n) is 1.63. The number of halogens is 1. The van der Waals surface area contributed by atoms with Gasteiger partial charge in [-0.1, -0.05) is 20.3 Å². The lowest BCUT2D eigenvalue weighted by Crippen LogP contribution is -2.24. The molecule has 0 aromatic heterocycles. The van der Waals surface area contributed by atoms with Gasteiger partial charge in [-0.15, -0.1) is 0 Å². The first-order valence-corrected chi connectivity index (χ1v) is 3.62. The molecule has 2 N–H and O–H groups in total. The molecule has 56 valence electrons. The van der Waals surface area contributed by atoms with Gasteiger partial charge in [0.25, 0.3) is 0 Å². The van der Waals surface area contributed by atoms with Crippen LogP contribution in [0.1, 0.15) is 33.1 Å². The Morgan fingerprint density at radius 1 is 1.44 bits per heavy atom. The molecule has 1 unspecified atom stereocenters. The van der Waals surface area contributed by atoms with Crippen molar-refractivity contribution in [3.05, 3.63) is 0 Å². The number of hydrogen-bond acceptors (Lipinski definition) is 1.